The molecule has 0 aromatic heterocycles. The van der Waals surface area contributed by atoms with Crippen LogP contribution in [0.25, 0.3) is 0 Å². The van der Waals surface area contributed by atoms with Crippen molar-refractivity contribution in [1.82, 2.24) is 0 Å². The number of benzene rings is 2. The van der Waals surface area contributed by atoms with Gasteiger partial charge in [-0.1, -0.05) is 12.1 Å². The maximum atomic E-state index is 13.7. The van der Waals surface area contributed by atoms with E-state index in [4.69, 9.17) is 17.0 Å². The lowest BCUT2D eigenvalue weighted by Crippen LogP contribution is -2.20. The van der Waals surface area contributed by atoms with Crippen LogP contribution in [0.5, 0.6) is 5.75 Å². The van der Waals surface area contributed by atoms with Crippen molar-refractivity contribution in [2.75, 3.05) is 17.7 Å². The molecule has 7 heteroatoms. The van der Waals surface area contributed by atoms with Crippen LogP contribution in [0, 0.1) is 11.6 Å². The molecule has 2 rings (SSSR count). The van der Waals surface area contributed by atoms with Crippen molar-refractivity contribution in [3.8, 4) is 5.75 Å². The smallest absolute Gasteiger partial charge is 0.175 e. The Kier molecular flexibility index (Phi) is 5.08. The maximum absolute atomic E-state index is 13.7. The highest BCUT2D eigenvalue weighted by Crippen LogP contribution is 2.28. The topological polar surface area (TPSA) is 33.3 Å². The number of ether oxygens (including phenoxy) is 1. The van der Waals surface area contributed by atoms with Gasteiger partial charge in [-0.05, 0) is 46.3 Å². The third kappa shape index (κ3) is 3.89. The Morgan fingerprint density at radius 1 is 1.19 bits per heavy atom. The number of methoxy groups -OCH3 is 1. The number of hydrogen-bond donors (Lipinski definition) is 2. The number of hydrogen-bond acceptors (Lipinski definition) is 2. The van der Waals surface area contributed by atoms with E-state index >= 15 is 0 Å². The van der Waals surface area contributed by atoms with Crippen LogP contribution in [0.15, 0.2) is 40.9 Å². The zero-order valence-corrected chi connectivity index (χ0v) is 13.3. The molecule has 0 aliphatic rings. The number of rotatable bonds is 3. The van der Waals surface area contributed by atoms with E-state index in [0.29, 0.717) is 11.4 Å². The number of halogens is 3. The van der Waals surface area contributed by atoms with Crippen LogP contribution in [0.1, 0.15) is 0 Å². The molecule has 0 bridgehead atoms. The van der Waals surface area contributed by atoms with Crippen LogP contribution < -0.4 is 15.4 Å². The van der Waals surface area contributed by atoms with E-state index < -0.39 is 11.6 Å². The molecule has 21 heavy (non-hydrogen) atoms. The number of para-hydroxylation sites is 2. The molecule has 0 radical (unpaired) electrons. The third-order valence-electron chi connectivity index (χ3n) is 2.60. The summed E-state index contributed by atoms with van der Waals surface area (Å²) in [5, 5.41) is 5.73. The van der Waals surface area contributed by atoms with E-state index in [2.05, 4.69) is 26.6 Å². The molecule has 2 N–H and O–H groups in total. The van der Waals surface area contributed by atoms with Crippen molar-refractivity contribution in [1.29, 1.82) is 0 Å². The lowest BCUT2D eigenvalue weighted by atomic mass is 10.3. The highest BCUT2D eigenvalue weighted by Gasteiger charge is 2.12. The number of thiocarbonyl (C=S) groups is 1. The molecular weight excluding hydrogens is 362 g/mol. The Labute approximate surface area is 134 Å². The first kappa shape index (κ1) is 15.7. The Morgan fingerprint density at radius 2 is 1.90 bits per heavy atom. The van der Waals surface area contributed by atoms with E-state index in [1.807, 2.05) is 12.1 Å². The average Bonchev–Trinajstić information content (AvgIpc) is 2.43. The molecule has 0 amide bonds. The van der Waals surface area contributed by atoms with Crippen LogP contribution in [-0.2, 0) is 0 Å². The summed E-state index contributed by atoms with van der Waals surface area (Å²) in [5.41, 5.74) is 0.694. The van der Waals surface area contributed by atoms with E-state index in [-0.39, 0.29) is 15.3 Å². The first-order valence-electron chi connectivity index (χ1n) is 5.87. The molecule has 0 fully saturated rings. The van der Waals surface area contributed by atoms with E-state index in [0.717, 1.165) is 12.1 Å². The normalized spacial score (nSPS) is 10.1. The molecule has 0 saturated carbocycles. The highest BCUT2D eigenvalue weighted by molar-refractivity contribution is 9.10. The van der Waals surface area contributed by atoms with Crippen LogP contribution >= 0.6 is 28.1 Å². The predicted octanol–water partition coefficient (Wildman–Crippen LogP) is 4.54. The molecule has 0 aliphatic heterocycles. The van der Waals surface area contributed by atoms with Crippen LogP contribution in [-0.4, -0.2) is 12.2 Å². The van der Waals surface area contributed by atoms with Gasteiger partial charge in [-0.15, -0.1) is 0 Å². The van der Waals surface area contributed by atoms with Crippen molar-refractivity contribution in [2.24, 2.45) is 0 Å². The standard InChI is InChI=1S/C14H11BrF2N2OS/c1-20-12-5-3-2-4-11(12)18-14(21)19-13-9(15)6-8(16)7-10(13)17/h2-7H,1H3,(H2,18,19,21). The van der Waals surface area contributed by atoms with Gasteiger partial charge in [-0.2, -0.15) is 0 Å². The summed E-state index contributed by atoms with van der Waals surface area (Å²) in [6.45, 7) is 0. The fourth-order valence-electron chi connectivity index (χ4n) is 1.68. The lowest BCUT2D eigenvalue weighted by molar-refractivity contribution is 0.417. The second-order valence-electron chi connectivity index (χ2n) is 4.02. The Morgan fingerprint density at radius 3 is 2.57 bits per heavy atom. The minimum absolute atomic E-state index is 0.0591. The minimum Gasteiger partial charge on any atom is -0.495 e. The Bertz CT molecular complexity index is 659. The fraction of sp³-hybridized carbons (Fsp3) is 0.0714. The van der Waals surface area contributed by atoms with Gasteiger partial charge in [0.2, 0.25) is 0 Å². The summed E-state index contributed by atoms with van der Waals surface area (Å²) in [4.78, 5) is 0. The van der Waals surface area contributed by atoms with Gasteiger partial charge >= 0.3 is 0 Å². The molecule has 0 unspecified atom stereocenters. The summed E-state index contributed by atoms with van der Waals surface area (Å²) < 4.78 is 32.2. The van der Waals surface area contributed by atoms with E-state index in [9.17, 15) is 8.78 Å². The lowest BCUT2D eigenvalue weighted by Gasteiger charge is -2.14. The molecule has 110 valence electrons. The zero-order valence-electron chi connectivity index (χ0n) is 10.9. The zero-order chi connectivity index (χ0) is 15.4. The van der Waals surface area contributed by atoms with E-state index in [1.54, 1.807) is 12.1 Å². The molecule has 0 aliphatic carbocycles. The fourth-order valence-corrected chi connectivity index (χ4v) is 2.40. The highest BCUT2D eigenvalue weighted by atomic mass is 79.9. The number of nitrogens with one attached hydrogen (secondary N) is 2. The van der Waals surface area contributed by atoms with Gasteiger partial charge in [-0.25, -0.2) is 8.78 Å². The second kappa shape index (κ2) is 6.82. The first-order valence-corrected chi connectivity index (χ1v) is 7.07. The molecule has 2 aromatic rings. The van der Waals surface area contributed by atoms with Crippen LogP contribution in [0.2, 0.25) is 0 Å². The monoisotopic (exact) mass is 372 g/mol. The predicted molar refractivity (Wildman–Crippen MR) is 86.9 cm³/mol. The van der Waals surface area contributed by atoms with Gasteiger partial charge < -0.3 is 15.4 Å². The summed E-state index contributed by atoms with van der Waals surface area (Å²) in [7, 11) is 1.53. The average molecular weight is 373 g/mol. The van der Waals surface area contributed by atoms with Gasteiger partial charge in [0.05, 0.1) is 18.5 Å². The van der Waals surface area contributed by atoms with Crippen molar-refractivity contribution in [3.05, 3.63) is 52.5 Å². The van der Waals surface area contributed by atoms with Crippen molar-refractivity contribution in [2.45, 2.75) is 0 Å². The Hall–Kier alpha value is -1.73. The van der Waals surface area contributed by atoms with Gasteiger partial charge in [-0.3, -0.25) is 0 Å². The summed E-state index contributed by atoms with van der Waals surface area (Å²) in [6, 6.07) is 9.08. The van der Waals surface area contributed by atoms with Gasteiger partial charge in [0, 0.05) is 10.5 Å². The van der Waals surface area contributed by atoms with Crippen LogP contribution in [0.3, 0.4) is 0 Å². The van der Waals surface area contributed by atoms with Gasteiger partial charge in [0.15, 0.2) is 10.9 Å². The van der Waals surface area contributed by atoms with Gasteiger partial charge in [0.25, 0.3) is 0 Å². The molecule has 0 spiro atoms. The summed E-state index contributed by atoms with van der Waals surface area (Å²) >= 11 is 8.20. The molecule has 0 saturated heterocycles. The summed E-state index contributed by atoms with van der Waals surface area (Å²) in [5.74, 6) is -0.820. The molecule has 3 nitrogen and oxygen atoms in total. The van der Waals surface area contributed by atoms with Crippen LogP contribution in [0.4, 0.5) is 20.2 Å². The number of anilines is 2. The van der Waals surface area contributed by atoms with Crippen molar-refractivity contribution in [3.63, 3.8) is 0 Å². The molecular formula is C14H11BrF2N2OS. The van der Waals surface area contributed by atoms with E-state index in [1.165, 1.54) is 7.11 Å². The largest absolute Gasteiger partial charge is 0.495 e. The first-order chi connectivity index (χ1) is 10.0. The van der Waals surface area contributed by atoms with Crippen molar-refractivity contribution >= 4 is 44.6 Å². The third-order valence-corrected chi connectivity index (χ3v) is 3.43. The van der Waals surface area contributed by atoms with Gasteiger partial charge in [0.1, 0.15) is 11.6 Å². The molecule has 2 aromatic carbocycles. The Balaban J connectivity index is 2.16. The molecule has 0 heterocycles. The maximum Gasteiger partial charge on any atom is 0.175 e. The second-order valence-corrected chi connectivity index (χ2v) is 5.29. The summed E-state index contributed by atoms with van der Waals surface area (Å²) in [6.07, 6.45) is 0. The SMILES string of the molecule is COc1ccccc1NC(=S)Nc1c(F)cc(F)cc1Br. The quantitative estimate of drug-likeness (QED) is 0.774. The van der Waals surface area contributed by atoms with Crippen molar-refractivity contribution < 1.29 is 13.5 Å². The minimum atomic E-state index is -0.744. The molecule has 0 atom stereocenters.